The number of halogens is 6. The Morgan fingerprint density at radius 3 is 1.87 bits per heavy atom. The first kappa shape index (κ1) is 31.2. The fraction of sp³-hybridized carbons (Fsp3) is 0.172. The van der Waals surface area contributed by atoms with Crippen molar-refractivity contribution in [3.63, 3.8) is 0 Å². The Morgan fingerprint density at radius 1 is 0.800 bits per heavy atom. The summed E-state index contributed by atoms with van der Waals surface area (Å²) >= 11 is 0. The second-order valence-corrected chi connectivity index (χ2v) is 9.95. The smallest absolute Gasteiger partial charge is 0.387 e. The number of rotatable bonds is 4. The number of alkyl halides is 6. The summed E-state index contributed by atoms with van der Waals surface area (Å²) in [6.45, 7) is 1.42. The normalized spacial score (nSPS) is 12.7. The van der Waals surface area contributed by atoms with Gasteiger partial charge in [-0.2, -0.15) is 36.5 Å². The lowest BCUT2D eigenvalue weighted by atomic mass is 9.92. The van der Waals surface area contributed by atoms with Crippen LogP contribution in [0.5, 0.6) is 0 Å². The molecule has 0 radical (unpaired) electrons. The number of nitrogens with two attached hydrogens (primary N) is 1. The minimum Gasteiger partial charge on any atom is -0.387 e. The molecule has 45 heavy (non-hydrogen) atoms. The van der Waals surface area contributed by atoms with Gasteiger partial charge in [-0.3, -0.25) is 20.0 Å². The Labute approximate surface area is 247 Å². The summed E-state index contributed by atoms with van der Waals surface area (Å²) < 4.78 is 78.4. The fourth-order valence-corrected chi connectivity index (χ4v) is 4.94. The monoisotopic (exact) mass is 631 g/mol. The van der Waals surface area contributed by atoms with E-state index in [4.69, 9.17) is 5.73 Å². The molecule has 0 saturated carbocycles. The number of aliphatic hydroxyl groups is 1. The number of aromatic nitrogens is 6. The van der Waals surface area contributed by atoms with E-state index in [9.17, 15) is 41.0 Å². The molecule has 16 heteroatoms. The molecule has 0 aliphatic rings. The molecule has 0 aliphatic heterocycles. The van der Waals surface area contributed by atoms with Crippen LogP contribution in [0.3, 0.4) is 0 Å². The van der Waals surface area contributed by atoms with Crippen LogP contribution in [-0.2, 0) is 12.4 Å². The molecule has 0 fully saturated rings. The molecule has 1 unspecified atom stereocenters. The van der Waals surface area contributed by atoms with Gasteiger partial charge in [-0.25, -0.2) is 4.79 Å². The number of hydrogen-bond donors (Lipinski definition) is 6. The lowest BCUT2D eigenvalue weighted by molar-refractivity contribution is -0.138. The number of benzene rings is 3. The summed E-state index contributed by atoms with van der Waals surface area (Å²) in [5, 5.41) is 23.5. The van der Waals surface area contributed by atoms with Gasteiger partial charge in [-0.1, -0.05) is 24.3 Å². The minimum absolute atomic E-state index is 0.0233. The fourth-order valence-electron chi connectivity index (χ4n) is 4.94. The number of H-pyrrole nitrogens is 4. The second-order valence-electron chi connectivity index (χ2n) is 9.95. The largest absolute Gasteiger partial charge is 0.416 e. The van der Waals surface area contributed by atoms with Crippen LogP contribution in [0, 0.1) is 6.92 Å². The Kier molecular flexibility index (Phi) is 8.12. The maximum absolute atomic E-state index is 13.1. The molecule has 0 bridgehead atoms. The lowest BCUT2D eigenvalue weighted by Gasteiger charge is -2.16. The van der Waals surface area contributed by atoms with Gasteiger partial charge in [0.1, 0.15) is 0 Å². The van der Waals surface area contributed by atoms with Crippen molar-refractivity contribution in [1.82, 2.24) is 30.4 Å². The van der Waals surface area contributed by atoms with Crippen molar-refractivity contribution in [2.75, 3.05) is 6.54 Å². The van der Waals surface area contributed by atoms with Crippen LogP contribution in [-0.4, -0.2) is 42.0 Å². The second kappa shape index (κ2) is 11.7. The highest BCUT2D eigenvalue weighted by Crippen LogP contribution is 2.39. The Morgan fingerprint density at radius 2 is 1.33 bits per heavy atom. The molecule has 0 amide bonds. The van der Waals surface area contributed by atoms with E-state index in [1.165, 1.54) is 19.3 Å². The number of fused-ring (bicyclic) bond motifs is 2. The van der Waals surface area contributed by atoms with Crippen molar-refractivity contribution < 1.29 is 31.4 Å². The first-order valence-corrected chi connectivity index (χ1v) is 13.1. The van der Waals surface area contributed by atoms with Gasteiger partial charge < -0.3 is 15.8 Å². The summed E-state index contributed by atoms with van der Waals surface area (Å²) in [5.41, 5.74) is 4.29. The Balaban J connectivity index is 0.000000178. The topological polar surface area (TPSA) is 169 Å². The molecular formula is C29H23F6N7O3. The van der Waals surface area contributed by atoms with E-state index in [0.717, 1.165) is 24.3 Å². The zero-order chi connectivity index (χ0) is 32.7. The third-order valence-electron chi connectivity index (χ3n) is 7.00. The first-order chi connectivity index (χ1) is 21.2. The maximum Gasteiger partial charge on any atom is 0.416 e. The molecule has 3 aromatic heterocycles. The van der Waals surface area contributed by atoms with Crippen LogP contribution in [0.4, 0.5) is 26.3 Å². The predicted molar refractivity (Wildman–Crippen MR) is 153 cm³/mol. The van der Waals surface area contributed by atoms with E-state index < -0.39 is 40.8 Å². The van der Waals surface area contributed by atoms with Crippen molar-refractivity contribution in [3.05, 3.63) is 104 Å². The number of aromatic amines is 4. The van der Waals surface area contributed by atoms with Crippen LogP contribution in [0.15, 0.2) is 70.5 Å². The van der Waals surface area contributed by atoms with Crippen molar-refractivity contribution >= 4 is 21.8 Å². The lowest BCUT2D eigenvalue weighted by Crippen LogP contribution is -2.25. The van der Waals surface area contributed by atoms with Gasteiger partial charge in [-0.05, 0) is 47.9 Å². The summed E-state index contributed by atoms with van der Waals surface area (Å²) in [5.74, 6) is 0. The zero-order valence-electron chi connectivity index (χ0n) is 23.1. The first-order valence-electron chi connectivity index (χ1n) is 13.1. The molecule has 0 saturated heterocycles. The third kappa shape index (κ3) is 6.23. The number of aryl methyl sites for hydroxylation is 1. The SMILES string of the molecule is Cc1[nH]c(=O)[nH]c(=O)c1-c1cc(C(F)(F)F)cc2[nH]ncc12.NCC(O)c1ccccc1-c1cc(C(F)(F)F)cc2[nH]ncc12. The average Bonchev–Trinajstić information content (AvgIpc) is 3.65. The molecule has 0 aliphatic carbocycles. The van der Waals surface area contributed by atoms with Gasteiger partial charge in [-0.15, -0.1) is 0 Å². The quantitative estimate of drug-likeness (QED) is 0.147. The van der Waals surface area contributed by atoms with Crippen LogP contribution in [0.25, 0.3) is 44.1 Å². The summed E-state index contributed by atoms with van der Waals surface area (Å²) in [6.07, 6.45) is -7.21. The highest BCUT2D eigenvalue weighted by atomic mass is 19.4. The van der Waals surface area contributed by atoms with E-state index in [-0.39, 0.29) is 34.4 Å². The van der Waals surface area contributed by atoms with E-state index >= 15 is 0 Å². The van der Waals surface area contributed by atoms with Crippen LogP contribution in [0.2, 0.25) is 0 Å². The molecular weight excluding hydrogens is 608 g/mol. The number of nitrogens with one attached hydrogen (secondary N) is 4. The molecule has 6 rings (SSSR count). The van der Waals surface area contributed by atoms with Gasteiger partial charge >= 0.3 is 18.0 Å². The standard InChI is InChI=1S/C16H14F3N3O.C13H9F3N4O2/c17-16(18,19)9-5-12(13-8-21-22-14(13)6-9)10-3-1-2-4-11(10)15(23)7-20;1-5-10(11(21)19-12(22)18-5)7-2-6(13(14,15)16)3-9-8(7)4-17-20-9/h1-6,8,15,23H,7,20H2,(H,21,22);2-4H,1H3,(H,17,20)(H2,18,19,21,22). The van der Waals surface area contributed by atoms with Crippen molar-refractivity contribution in [1.29, 1.82) is 0 Å². The summed E-state index contributed by atoms with van der Waals surface area (Å²) in [7, 11) is 0. The molecule has 234 valence electrons. The number of aliphatic hydroxyl groups excluding tert-OH is 1. The average molecular weight is 632 g/mol. The Bertz CT molecular complexity index is 2130. The van der Waals surface area contributed by atoms with E-state index in [2.05, 4.69) is 25.4 Å². The highest BCUT2D eigenvalue weighted by Gasteiger charge is 2.33. The van der Waals surface area contributed by atoms with Crippen LogP contribution < -0.4 is 17.0 Å². The molecule has 3 heterocycles. The molecule has 3 aromatic carbocycles. The van der Waals surface area contributed by atoms with E-state index in [1.807, 2.05) is 4.98 Å². The van der Waals surface area contributed by atoms with E-state index in [0.29, 0.717) is 27.5 Å². The van der Waals surface area contributed by atoms with Crippen molar-refractivity contribution in [2.45, 2.75) is 25.4 Å². The number of hydrogen-bond acceptors (Lipinski definition) is 6. The molecule has 10 nitrogen and oxygen atoms in total. The summed E-state index contributed by atoms with van der Waals surface area (Å²) in [6, 6.07) is 10.6. The van der Waals surface area contributed by atoms with Gasteiger partial charge in [0.05, 0.1) is 46.2 Å². The molecule has 0 spiro atoms. The number of nitrogens with zero attached hydrogens (tertiary/aromatic N) is 2. The van der Waals surface area contributed by atoms with E-state index in [1.54, 1.807) is 24.3 Å². The minimum atomic E-state index is -4.57. The van der Waals surface area contributed by atoms with Crippen molar-refractivity contribution in [3.8, 4) is 22.3 Å². The molecule has 6 aromatic rings. The van der Waals surface area contributed by atoms with Gasteiger partial charge in [0, 0.05) is 28.6 Å². The van der Waals surface area contributed by atoms with Gasteiger partial charge in [0.2, 0.25) is 0 Å². The maximum atomic E-state index is 13.1. The van der Waals surface area contributed by atoms with Crippen LogP contribution >= 0.6 is 0 Å². The summed E-state index contributed by atoms with van der Waals surface area (Å²) in [4.78, 5) is 27.6. The highest BCUT2D eigenvalue weighted by molar-refractivity contribution is 5.96. The predicted octanol–water partition coefficient (Wildman–Crippen LogP) is 5.17. The molecule has 7 N–H and O–H groups in total. The van der Waals surface area contributed by atoms with Gasteiger partial charge in [0.25, 0.3) is 5.56 Å². The molecule has 1 atom stereocenters. The Hall–Kier alpha value is -5.22. The van der Waals surface area contributed by atoms with Crippen molar-refractivity contribution in [2.24, 2.45) is 5.73 Å². The van der Waals surface area contributed by atoms with Crippen LogP contribution in [0.1, 0.15) is 28.5 Å². The zero-order valence-corrected chi connectivity index (χ0v) is 23.1. The van der Waals surface area contributed by atoms with Gasteiger partial charge in [0.15, 0.2) is 0 Å². The third-order valence-corrected chi connectivity index (χ3v) is 7.00.